The van der Waals surface area contributed by atoms with Gasteiger partial charge in [-0.3, -0.25) is 0 Å². The Bertz CT molecular complexity index is 1270. The molecule has 4 nitrogen and oxygen atoms in total. The molecule has 4 aromatic rings. The highest BCUT2D eigenvalue weighted by Crippen LogP contribution is 2.25. The zero-order valence-electron chi connectivity index (χ0n) is 16.7. The lowest BCUT2D eigenvalue weighted by Crippen LogP contribution is -1.99. The minimum absolute atomic E-state index is 0.223. The summed E-state index contributed by atoms with van der Waals surface area (Å²) >= 11 is 3.50. The Hall–Kier alpha value is -3.62. The molecule has 0 spiro atoms. The van der Waals surface area contributed by atoms with Gasteiger partial charge in [-0.2, -0.15) is 5.26 Å². The number of benzene rings is 4. The molecule has 152 valence electrons. The van der Waals surface area contributed by atoms with E-state index in [-0.39, 0.29) is 6.61 Å². The van der Waals surface area contributed by atoms with E-state index in [1.165, 1.54) is 10.8 Å². The fraction of sp³-hybridized carbons (Fsp3) is 0.0769. The van der Waals surface area contributed by atoms with Crippen LogP contribution in [0.15, 0.2) is 94.6 Å². The molecule has 0 radical (unpaired) electrons. The molecule has 0 unspecified atom stereocenters. The lowest BCUT2D eigenvalue weighted by Gasteiger charge is -2.11. The van der Waals surface area contributed by atoms with E-state index in [0.29, 0.717) is 17.9 Å². The number of nitrogens with zero attached hydrogens (tertiary/aromatic N) is 2. The Balaban J connectivity index is 1.47. The smallest absolute Gasteiger partial charge is 0.143 e. The fourth-order valence-electron chi connectivity index (χ4n) is 3.28. The summed E-state index contributed by atoms with van der Waals surface area (Å²) in [7, 11) is 0. The zero-order valence-corrected chi connectivity index (χ0v) is 18.2. The van der Waals surface area contributed by atoms with Crippen molar-refractivity contribution in [1.29, 1.82) is 5.26 Å². The van der Waals surface area contributed by atoms with E-state index in [9.17, 15) is 5.26 Å². The maximum absolute atomic E-state index is 9.17. The number of oxime groups is 1. The molecule has 5 heteroatoms. The van der Waals surface area contributed by atoms with Crippen LogP contribution in [0, 0.1) is 11.3 Å². The second-order valence-corrected chi connectivity index (χ2v) is 7.80. The number of hydrogen-bond acceptors (Lipinski definition) is 4. The molecule has 0 aliphatic carbocycles. The summed E-state index contributed by atoms with van der Waals surface area (Å²) in [5.74, 6) is 0.709. The second kappa shape index (κ2) is 9.92. The monoisotopic (exact) mass is 470 g/mol. The Kier molecular flexibility index (Phi) is 6.61. The van der Waals surface area contributed by atoms with Crippen molar-refractivity contribution in [1.82, 2.24) is 0 Å². The van der Waals surface area contributed by atoms with Crippen LogP contribution in [0.25, 0.3) is 10.8 Å². The van der Waals surface area contributed by atoms with Crippen LogP contribution in [0.3, 0.4) is 0 Å². The fourth-order valence-corrected chi connectivity index (χ4v) is 3.66. The minimum Gasteiger partial charge on any atom is -0.488 e. The SMILES string of the molecule is N#Cc1ccccc1CO/N=C\c1cc(Br)ccc1OCc1cccc2ccccc12. The van der Waals surface area contributed by atoms with Gasteiger partial charge in [-0.05, 0) is 40.6 Å². The third-order valence-electron chi connectivity index (χ3n) is 4.86. The molecule has 0 bridgehead atoms. The van der Waals surface area contributed by atoms with E-state index in [1.54, 1.807) is 12.3 Å². The summed E-state index contributed by atoms with van der Waals surface area (Å²) < 4.78 is 7.05. The summed E-state index contributed by atoms with van der Waals surface area (Å²) in [6.45, 7) is 0.667. The molecule has 31 heavy (non-hydrogen) atoms. The first-order chi connectivity index (χ1) is 15.2. The predicted molar refractivity (Wildman–Crippen MR) is 126 cm³/mol. The van der Waals surface area contributed by atoms with Crippen LogP contribution in [-0.2, 0) is 18.1 Å². The van der Waals surface area contributed by atoms with E-state index in [2.05, 4.69) is 51.4 Å². The Morgan fingerprint density at radius 2 is 1.65 bits per heavy atom. The largest absolute Gasteiger partial charge is 0.488 e. The Morgan fingerprint density at radius 1 is 0.871 bits per heavy atom. The number of rotatable bonds is 7. The summed E-state index contributed by atoms with van der Waals surface area (Å²) in [5.41, 5.74) is 3.29. The van der Waals surface area contributed by atoms with Gasteiger partial charge in [0.05, 0.1) is 17.8 Å². The van der Waals surface area contributed by atoms with Crippen LogP contribution in [0.5, 0.6) is 5.75 Å². The van der Waals surface area contributed by atoms with Gasteiger partial charge in [0.2, 0.25) is 0 Å². The van der Waals surface area contributed by atoms with Crippen molar-refractivity contribution in [3.63, 3.8) is 0 Å². The van der Waals surface area contributed by atoms with Gasteiger partial charge in [0, 0.05) is 15.6 Å². The summed E-state index contributed by atoms with van der Waals surface area (Å²) in [5, 5.41) is 15.6. The number of fused-ring (bicyclic) bond motifs is 1. The van der Waals surface area contributed by atoms with Gasteiger partial charge in [-0.15, -0.1) is 0 Å². The second-order valence-electron chi connectivity index (χ2n) is 6.89. The van der Waals surface area contributed by atoms with Gasteiger partial charge in [0.25, 0.3) is 0 Å². The molecule has 0 aliphatic heterocycles. The molecule has 0 saturated heterocycles. The van der Waals surface area contributed by atoms with Crippen LogP contribution < -0.4 is 4.74 Å². The Morgan fingerprint density at radius 3 is 2.55 bits per heavy atom. The average molecular weight is 471 g/mol. The van der Waals surface area contributed by atoms with Crippen molar-refractivity contribution in [3.05, 3.63) is 112 Å². The first-order valence-corrected chi connectivity index (χ1v) is 10.6. The van der Waals surface area contributed by atoms with Crippen molar-refractivity contribution in [3.8, 4) is 11.8 Å². The molecule has 4 rings (SSSR count). The normalized spacial score (nSPS) is 10.8. The molecular weight excluding hydrogens is 452 g/mol. The minimum atomic E-state index is 0.223. The van der Waals surface area contributed by atoms with Gasteiger partial charge in [0.15, 0.2) is 0 Å². The number of halogens is 1. The molecular formula is C26H19BrN2O2. The summed E-state index contributed by atoms with van der Waals surface area (Å²) in [4.78, 5) is 5.43. The van der Waals surface area contributed by atoms with Crippen molar-refractivity contribution in [2.45, 2.75) is 13.2 Å². The van der Waals surface area contributed by atoms with E-state index in [4.69, 9.17) is 9.57 Å². The topological polar surface area (TPSA) is 54.6 Å². The molecule has 0 heterocycles. The number of ether oxygens (including phenoxy) is 1. The van der Waals surface area contributed by atoms with Gasteiger partial charge < -0.3 is 9.57 Å². The lowest BCUT2D eigenvalue weighted by molar-refractivity contribution is 0.132. The van der Waals surface area contributed by atoms with Gasteiger partial charge in [-0.25, -0.2) is 0 Å². The molecule has 0 N–H and O–H groups in total. The van der Waals surface area contributed by atoms with Crippen molar-refractivity contribution < 1.29 is 9.57 Å². The van der Waals surface area contributed by atoms with E-state index in [0.717, 1.165) is 21.2 Å². The summed E-state index contributed by atoms with van der Waals surface area (Å²) in [6, 6.07) is 29.7. The maximum Gasteiger partial charge on any atom is 0.143 e. The highest BCUT2D eigenvalue weighted by Gasteiger charge is 2.06. The maximum atomic E-state index is 9.17. The highest BCUT2D eigenvalue weighted by molar-refractivity contribution is 9.10. The molecule has 0 aliphatic rings. The van der Waals surface area contributed by atoms with Crippen molar-refractivity contribution in [2.24, 2.45) is 5.16 Å². The first-order valence-electron chi connectivity index (χ1n) is 9.77. The van der Waals surface area contributed by atoms with E-state index >= 15 is 0 Å². The van der Waals surface area contributed by atoms with Crippen molar-refractivity contribution in [2.75, 3.05) is 0 Å². The number of nitriles is 1. The van der Waals surface area contributed by atoms with Crippen LogP contribution in [0.1, 0.15) is 22.3 Å². The van der Waals surface area contributed by atoms with Crippen LogP contribution in [0.2, 0.25) is 0 Å². The Labute approximate surface area is 189 Å². The standard InChI is InChI=1S/C26H19BrN2O2/c27-24-12-13-26(30-17-22-10-5-9-19-6-3-4-11-25(19)22)23(14-24)16-29-31-18-21-8-2-1-7-20(21)15-28/h1-14,16H,17-18H2/b29-16-. The first kappa shape index (κ1) is 20.6. The highest BCUT2D eigenvalue weighted by atomic mass is 79.9. The van der Waals surface area contributed by atoms with Gasteiger partial charge in [0.1, 0.15) is 19.0 Å². The number of hydrogen-bond donors (Lipinski definition) is 0. The third-order valence-corrected chi connectivity index (χ3v) is 5.35. The van der Waals surface area contributed by atoms with E-state index in [1.807, 2.05) is 54.6 Å². The van der Waals surface area contributed by atoms with Crippen LogP contribution in [-0.4, -0.2) is 6.21 Å². The molecule has 0 aromatic heterocycles. The van der Waals surface area contributed by atoms with Crippen molar-refractivity contribution >= 4 is 32.9 Å². The third kappa shape index (κ3) is 5.11. The van der Waals surface area contributed by atoms with Gasteiger partial charge in [-0.1, -0.05) is 81.7 Å². The van der Waals surface area contributed by atoms with Crippen LogP contribution >= 0.6 is 15.9 Å². The molecule has 0 fully saturated rings. The quantitative estimate of drug-likeness (QED) is 0.225. The van der Waals surface area contributed by atoms with E-state index < -0.39 is 0 Å². The summed E-state index contributed by atoms with van der Waals surface area (Å²) in [6.07, 6.45) is 1.62. The molecule has 0 saturated carbocycles. The molecule has 0 atom stereocenters. The predicted octanol–water partition coefficient (Wildman–Crippen LogP) is 6.60. The lowest BCUT2D eigenvalue weighted by atomic mass is 10.1. The molecule has 0 amide bonds. The van der Waals surface area contributed by atoms with Crippen LogP contribution in [0.4, 0.5) is 0 Å². The average Bonchev–Trinajstić information content (AvgIpc) is 2.81. The van der Waals surface area contributed by atoms with Gasteiger partial charge >= 0.3 is 0 Å². The molecule has 4 aromatic carbocycles. The zero-order chi connectivity index (χ0) is 21.5.